The molecule has 0 spiro atoms. The van der Waals surface area contributed by atoms with Crippen LogP contribution in [-0.2, 0) is 9.59 Å². The number of benzene rings is 1. The molecule has 6 nitrogen and oxygen atoms in total. The third kappa shape index (κ3) is 4.26. The second-order valence-corrected chi connectivity index (χ2v) is 4.33. The second-order valence-electron chi connectivity index (χ2n) is 3.93. The maximum Gasteiger partial charge on any atom is 0.326 e. The molecule has 0 aliphatic heterocycles. The molecule has 0 aliphatic rings. The number of hydrogen-bond donors (Lipinski definition) is 3. The molecule has 19 heavy (non-hydrogen) atoms. The first-order valence-electron chi connectivity index (χ1n) is 5.33. The van der Waals surface area contributed by atoms with E-state index in [4.69, 9.17) is 21.8 Å². The number of halogens is 1. The van der Waals surface area contributed by atoms with Gasteiger partial charge in [0.05, 0.1) is 6.42 Å². The largest absolute Gasteiger partial charge is 0.481 e. The smallest absolute Gasteiger partial charge is 0.326 e. The van der Waals surface area contributed by atoms with Crippen LogP contribution < -0.4 is 5.32 Å². The second kappa shape index (κ2) is 6.19. The number of nitrogens with one attached hydrogen (secondary N) is 1. The average Bonchev–Trinajstić information content (AvgIpc) is 2.31. The molecule has 102 valence electrons. The fraction of sp³-hybridized carbons (Fsp3) is 0.250. The summed E-state index contributed by atoms with van der Waals surface area (Å²) in [6.45, 7) is 1.76. The SMILES string of the molecule is Cc1ccc(C(=O)NC(CC(=O)O)C(=O)O)cc1Cl. The minimum atomic E-state index is -1.48. The molecule has 0 fully saturated rings. The van der Waals surface area contributed by atoms with Crippen LogP contribution in [0.5, 0.6) is 0 Å². The Morgan fingerprint density at radius 3 is 2.42 bits per heavy atom. The molecule has 1 atom stereocenters. The highest BCUT2D eigenvalue weighted by Crippen LogP contribution is 2.16. The van der Waals surface area contributed by atoms with Crippen LogP contribution in [0.3, 0.4) is 0 Å². The van der Waals surface area contributed by atoms with Gasteiger partial charge >= 0.3 is 11.9 Å². The van der Waals surface area contributed by atoms with Crippen LogP contribution in [0, 0.1) is 6.92 Å². The lowest BCUT2D eigenvalue weighted by atomic mass is 10.1. The molecule has 0 aromatic heterocycles. The maximum atomic E-state index is 11.8. The Labute approximate surface area is 114 Å². The number of hydrogen-bond acceptors (Lipinski definition) is 3. The highest BCUT2D eigenvalue weighted by molar-refractivity contribution is 6.31. The van der Waals surface area contributed by atoms with E-state index in [2.05, 4.69) is 5.32 Å². The highest BCUT2D eigenvalue weighted by Gasteiger charge is 2.23. The molecule has 0 radical (unpaired) electrons. The molecule has 1 rings (SSSR count). The van der Waals surface area contributed by atoms with E-state index in [0.717, 1.165) is 5.56 Å². The molecule has 1 aromatic rings. The van der Waals surface area contributed by atoms with Gasteiger partial charge in [-0.2, -0.15) is 0 Å². The van der Waals surface area contributed by atoms with E-state index < -0.39 is 30.3 Å². The number of rotatable bonds is 5. The first kappa shape index (κ1) is 15.0. The van der Waals surface area contributed by atoms with Crippen LogP contribution in [0.25, 0.3) is 0 Å². The van der Waals surface area contributed by atoms with Gasteiger partial charge in [-0.25, -0.2) is 4.79 Å². The van der Waals surface area contributed by atoms with Crippen molar-refractivity contribution in [2.45, 2.75) is 19.4 Å². The Bertz CT molecular complexity index is 529. The standard InChI is InChI=1S/C12H12ClNO5/c1-6-2-3-7(4-8(6)13)11(17)14-9(12(18)19)5-10(15)16/h2-4,9H,5H2,1H3,(H,14,17)(H,15,16)(H,18,19). The topological polar surface area (TPSA) is 104 Å². The van der Waals surface area contributed by atoms with Crippen LogP contribution in [0.4, 0.5) is 0 Å². The average molecular weight is 286 g/mol. The van der Waals surface area contributed by atoms with Gasteiger partial charge in [-0.3, -0.25) is 9.59 Å². The predicted octanol–water partition coefficient (Wildman–Crippen LogP) is 1.31. The third-order valence-electron chi connectivity index (χ3n) is 2.42. The van der Waals surface area contributed by atoms with Gasteiger partial charge in [0.1, 0.15) is 6.04 Å². The van der Waals surface area contributed by atoms with Crippen molar-refractivity contribution in [2.75, 3.05) is 0 Å². The molecule has 7 heteroatoms. The summed E-state index contributed by atoms with van der Waals surface area (Å²) in [5.74, 6) is -3.40. The van der Waals surface area contributed by atoms with E-state index in [1.54, 1.807) is 13.0 Å². The van der Waals surface area contributed by atoms with E-state index in [9.17, 15) is 14.4 Å². The van der Waals surface area contributed by atoms with E-state index in [0.29, 0.717) is 5.02 Å². The number of carbonyl (C=O) groups is 3. The molecular formula is C12H12ClNO5. The third-order valence-corrected chi connectivity index (χ3v) is 2.82. The van der Waals surface area contributed by atoms with Gasteiger partial charge < -0.3 is 15.5 Å². The monoisotopic (exact) mass is 285 g/mol. The van der Waals surface area contributed by atoms with Gasteiger partial charge in [0.15, 0.2) is 0 Å². The Morgan fingerprint density at radius 1 is 1.32 bits per heavy atom. The Balaban J connectivity index is 2.84. The fourth-order valence-electron chi connectivity index (χ4n) is 1.35. The summed E-state index contributed by atoms with van der Waals surface area (Å²) in [4.78, 5) is 33.1. The molecule has 3 N–H and O–H groups in total. The molecule has 0 aliphatic carbocycles. The Hall–Kier alpha value is -2.08. The zero-order valence-corrected chi connectivity index (χ0v) is 10.8. The normalized spacial score (nSPS) is 11.7. The quantitative estimate of drug-likeness (QED) is 0.756. The van der Waals surface area contributed by atoms with Crippen molar-refractivity contribution in [3.63, 3.8) is 0 Å². The number of aryl methyl sites for hydroxylation is 1. The van der Waals surface area contributed by atoms with E-state index in [1.165, 1.54) is 12.1 Å². The first-order valence-corrected chi connectivity index (χ1v) is 5.70. The van der Waals surface area contributed by atoms with Gasteiger partial charge in [-0.1, -0.05) is 17.7 Å². The number of carboxylic acids is 2. The number of amides is 1. The van der Waals surface area contributed by atoms with Crippen molar-refractivity contribution in [1.82, 2.24) is 5.32 Å². The molecule has 0 bridgehead atoms. The summed E-state index contributed by atoms with van der Waals surface area (Å²) in [5.41, 5.74) is 0.950. The molecule has 0 heterocycles. The maximum absolute atomic E-state index is 11.8. The fourth-order valence-corrected chi connectivity index (χ4v) is 1.53. The minimum Gasteiger partial charge on any atom is -0.481 e. The zero-order chi connectivity index (χ0) is 14.6. The van der Waals surface area contributed by atoms with E-state index >= 15 is 0 Å². The number of carbonyl (C=O) groups excluding carboxylic acids is 1. The van der Waals surface area contributed by atoms with Crippen LogP contribution in [-0.4, -0.2) is 34.1 Å². The van der Waals surface area contributed by atoms with Crippen molar-refractivity contribution in [1.29, 1.82) is 0 Å². The summed E-state index contributed by atoms with van der Waals surface area (Å²) in [5, 5.41) is 19.9. The van der Waals surface area contributed by atoms with Crippen LogP contribution in [0.1, 0.15) is 22.3 Å². The van der Waals surface area contributed by atoms with Crippen LogP contribution >= 0.6 is 11.6 Å². The van der Waals surface area contributed by atoms with Crippen molar-refractivity contribution in [2.24, 2.45) is 0 Å². The molecule has 0 saturated carbocycles. The predicted molar refractivity (Wildman–Crippen MR) is 67.3 cm³/mol. The molecule has 1 unspecified atom stereocenters. The molecular weight excluding hydrogens is 274 g/mol. The lowest BCUT2D eigenvalue weighted by Crippen LogP contribution is -2.42. The molecule has 1 aromatic carbocycles. The van der Waals surface area contributed by atoms with Crippen molar-refractivity contribution < 1.29 is 24.6 Å². The molecule has 0 saturated heterocycles. The van der Waals surface area contributed by atoms with Gasteiger partial charge in [-0.15, -0.1) is 0 Å². The molecule has 1 amide bonds. The summed E-state index contributed by atoms with van der Waals surface area (Å²) >= 11 is 5.85. The van der Waals surface area contributed by atoms with Gasteiger partial charge in [0, 0.05) is 10.6 Å². The summed E-state index contributed by atoms with van der Waals surface area (Å²) in [7, 11) is 0. The minimum absolute atomic E-state index is 0.173. The van der Waals surface area contributed by atoms with Gasteiger partial charge in [-0.05, 0) is 24.6 Å². The Morgan fingerprint density at radius 2 is 1.95 bits per heavy atom. The van der Waals surface area contributed by atoms with Crippen molar-refractivity contribution in [3.05, 3.63) is 34.3 Å². The van der Waals surface area contributed by atoms with Gasteiger partial charge in [0.2, 0.25) is 0 Å². The lowest BCUT2D eigenvalue weighted by molar-refractivity contribution is -0.145. The Kier molecular flexibility index (Phi) is 4.88. The summed E-state index contributed by atoms with van der Waals surface area (Å²) in [6, 6.07) is 3.01. The summed E-state index contributed by atoms with van der Waals surface area (Å²) in [6.07, 6.45) is -0.694. The van der Waals surface area contributed by atoms with Crippen LogP contribution in [0.15, 0.2) is 18.2 Å². The highest BCUT2D eigenvalue weighted by atomic mass is 35.5. The number of aliphatic carboxylic acids is 2. The zero-order valence-electron chi connectivity index (χ0n) is 10.0. The number of carboxylic acid groups (broad SMARTS) is 2. The van der Waals surface area contributed by atoms with E-state index in [1.807, 2.05) is 0 Å². The van der Waals surface area contributed by atoms with Crippen molar-refractivity contribution >= 4 is 29.4 Å². The lowest BCUT2D eigenvalue weighted by Gasteiger charge is -2.12. The van der Waals surface area contributed by atoms with Crippen LogP contribution in [0.2, 0.25) is 5.02 Å². The first-order chi connectivity index (χ1) is 8.81. The van der Waals surface area contributed by atoms with Crippen molar-refractivity contribution in [3.8, 4) is 0 Å². The van der Waals surface area contributed by atoms with E-state index in [-0.39, 0.29) is 5.56 Å². The van der Waals surface area contributed by atoms with Gasteiger partial charge in [0.25, 0.3) is 5.91 Å². The summed E-state index contributed by atoms with van der Waals surface area (Å²) < 4.78 is 0.